The smallest absolute Gasteiger partial charge is 0.223 e. The summed E-state index contributed by atoms with van der Waals surface area (Å²) in [6.45, 7) is 13.0. The van der Waals surface area contributed by atoms with Gasteiger partial charge in [0.1, 0.15) is 5.78 Å². The second kappa shape index (κ2) is 10.8. The summed E-state index contributed by atoms with van der Waals surface area (Å²) < 4.78 is 6.10. The molecule has 1 aromatic heterocycles. The van der Waals surface area contributed by atoms with Crippen molar-refractivity contribution in [1.29, 1.82) is 0 Å². The van der Waals surface area contributed by atoms with Gasteiger partial charge in [0.15, 0.2) is 0 Å². The average Bonchev–Trinajstić information content (AvgIpc) is 3.22. The van der Waals surface area contributed by atoms with E-state index in [2.05, 4.69) is 17.2 Å². The first-order valence-electron chi connectivity index (χ1n) is 12.7. The summed E-state index contributed by atoms with van der Waals surface area (Å²) >= 11 is 1.58. The molecule has 1 aromatic rings. The van der Waals surface area contributed by atoms with Gasteiger partial charge in [0.05, 0.1) is 52.5 Å². The van der Waals surface area contributed by atoms with Gasteiger partial charge in [0.25, 0.3) is 0 Å². The molecule has 8 heteroatoms. The number of aliphatic hydroxyl groups is 2. The number of Topliss-reactive ketones (excluding diaryl/α,β-unsaturated/α-hetero) is 1. The Bertz CT molecular complexity index is 957. The highest BCUT2D eigenvalue weighted by Gasteiger charge is 2.52. The van der Waals surface area contributed by atoms with E-state index in [0.717, 1.165) is 35.5 Å². The molecule has 2 fully saturated rings. The number of thiazole rings is 1. The van der Waals surface area contributed by atoms with E-state index in [-0.39, 0.29) is 41.8 Å². The molecule has 3 heterocycles. The Labute approximate surface area is 213 Å². The molecule has 0 spiro atoms. The summed E-state index contributed by atoms with van der Waals surface area (Å²) in [4.78, 5) is 30.8. The van der Waals surface area contributed by atoms with Crippen LogP contribution in [0.5, 0.6) is 0 Å². The Morgan fingerprint density at radius 1 is 1.26 bits per heavy atom. The number of ether oxygens (including phenoxy) is 1. The van der Waals surface area contributed by atoms with Gasteiger partial charge in [0, 0.05) is 17.7 Å². The monoisotopic (exact) mass is 506 g/mol. The fraction of sp³-hybridized carbons (Fsp3) is 0.741. The lowest BCUT2D eigenvalue weighted by Crippen LogP contribution is -2.47. The van der Waals surface area contributed by atoms with Gasteiger partial charge >= 0.3 is 0 Å². The molecular weight excluding hydrogens is 464 g/mol. The van der Waals surface area contributed by atoms with Crippen LogP contribution in [0.1, 0.15) is 84.3 Å². The van der Waals surface area contributed by atoms with Crippen molar-refractivity contribution in [3.8, 4) is 0 Å². The molecule has 7 atom stereocenters. The number of hydrogen-bond acceptors (Lipinski definition) is 7. The molecule has 0 saturated carbocycles. The number of rotatable bonds is 2. The zero-order valence-electron chi connectivity index (χ0n) is 22.1. The molecule has 2 saturated heterocycles. The summed E-state index contributed by atoms with van der Waals surface area (Å²) in [5.41, 5.74) is 0.410. The van der Waals surface area contributed by atoms with Crippen LogP contribution in [0.3, 0.4) is 0 Å². The van der Waals surface area contributed by atoms with Crippen molar-refractivity contribution in [2.45, 2.75) is 111 Å². The maximum absolute atomic E-state index is 13.2. The highest BCUT2D eigenvalue weighted by Crippen LogP contribution is 2.44. The Morgan fingerprint density at radius 3 is 2.57 bits per heavy atom. The highest BCUT2D eigenvalue weighted by molar-refractivity contribution is 7.09. The molecule has 196 valence electrons. The molecule has 7 nitrogen and oxygen atoms in total. The van der Waals surface area contributed by atoms with Gasteiger partial charge in [-0.25, -0.2) is 4.98 Å². The summed E-state index contributed by atoms with van der Waals surface area (Å²) in [5.74, 6) is -1.24. The third-order valence-corrected chi connectivity index (χ3v) is 8.86. The van der Waals surface area contributed by atoms with E-state index in [1.165, 1.54) is 0 Å². The number of ketones is 1. The van der Waals surface area contributed by atoms with Crippen molar-refractivity contribution in [3.63, 3.8) is 0 Å². The lowest BCUT2D eigenvalue weighted by atomic mass is 9.72. The number of aromatic nitrogens is 1. The molecule has 1 amide bonds. The Morgan fingerprint density at radius 2 is 1.94 bits per heavy atom. The quantitative estimate of drug-likeness (QED) is 0.522. The number of aliphatic hydroxyl groups excluding tert-OH is 2. The molecule has 0 aliphatic carbocycles. The number of carbonyl (C=O) groups excluding carboxylic acids is 2. The second-order valence-corrected chi connectivity index (χ2v) is 12.5. The molecule has 3 rings (SSSR count). The van der Waals surface area contributed by atoms with Crippen LogP contribution in [0.2, 0.25) is 0 Å². The van der Waals surface area contributed by atoms with Crippen LogP contribution < -0.4 is 5.32 Å². The maximum Gasteiger partial charge on any atom is 0.223 e. The molecule has 0 aromatic carbocycles. The first-order chi connectivity index (χ1) is 16.2. The largest absolute Gasteiger partial charge is 0.392 e. The molecule has 0 radical (unpaired) electrons. The number of nitrogens with zero attached hydrogens (tertiary/aromatic N) is 1. The van der Waals surface area contributed by atoms with Gasteiger partial charge in [0.2, 0.25) is 5.91 Å². The van der Waals surface area contributed by atoms with Crippen molar-refractivity contribution < 1.29 is 24.5 Å². The summed E-state index contributed by atoms with van der Waals surface area (Å²) in [7, 11) is 0. The molecule has 0 bridgehead atoms. The Kier molecular flexibility index (Phi) is 8.62. The molecule has 2 unspecified atom stereocenters. The van der Waals surface area contributed by atoms with Gasteiger partial charge in [-0.15, -0.1) is 11.3 Å². The lowest BCUT2D eigenvalue weighted by molar-refractivity contribution is -0.143. The number of aryl methyl sites for hydroxylation is 1. The van der Waals surface area contributed by atoms with Crippen LogP contribution >= 0.6 is 11.3 Å². The molecule has 2 aliphatic rings. The van der Waals surface area contributed by atoms with E-state index in [0.29, 0.717) is 6.42 Å². The van der Waals surface area contributed by atoms with Crippen LogP contribution in [0.15, 0.2) is 11.0 Å². The van der Waals surface area contributed by atoms with Gasteiger partial charge in [-0.3, -0.25) is 9.59 Å². The Hall–Kier alpha value is -1.61. The molecule has 3 N–H and O–H groups in total. The molecular formula is C27H42N2O5S. The zero-order valence-corrected chi connectivity index (χ0v) is 22.9. The van der Waals surface area contributed by atoms with Crippen molar-refractivity contribution >= 4 is 29.1 Å². The van der Waals surface area contributed by atoms with Crippen LogP contribution in [0.4, 0.5) is 0 Å². The van der Waals surface area contributed by atoms with E-state index in [9.17, 15) is 19.8 Å². The van der Waals surface area contributed by atoms with Crippen molar-refractivity contribution in [1.82, 2.24) is 10.3 Å². The number of fused-ring (bicyclic) bond motifs is 1. The SMILES string of the molecule is C/C(=C\c1csc(C)n1)[C@@H]1C[C@@H]2O[C@]2(C)CCC[C@H](C)C(O)C(C)C(=O)C(C)(C)[C@@H](O)CC(=O)N1. The van der Waals surface area contributed by atoms with Crippen LogP contribution in [0.25, 0.3) is 6.08 Å². The topological polar surface area (TPSA) is 112 Å². The minimum atomic E-state index is -1.17. The van der Waals surface area contributed by atoms with E-state index in [1.807, 2.05) is 32.2 Å². The second-order valence-electron chi connectivity index (χ2n) is 11.4. The summed E-state index contributed by atoms with van der Waals surface area (Å²) in [5, 5.41) is 27.8. The third-order valence-electron chi connectivity index (χ3n) is 8.07. The minimum Gasteiger partial charge on any atom is -0.392 e. The number of epoxide rings is 1. The van der Waals surface area contributed by atoms with E-state index in [4.69, 9.17) is 4.74 Å². The average molecular weight is 507 g/mol. The first kappa shape index (κ1) is 28.0. The number of amides is 1. The lowest BCUT2D eigenvalue weighted by Gasteiger charge is -2.34. The third kappa shape index (κ3) is 6.59. The van der Waals surface area contributed by atoms with E-state index >= 15 is 0 Å². The predicted octanol–water partition coefficient (Wildman–Crippen LogP) is 4.05. The van der Waals surface area contributed by atoms with E-state index < -0.39 is 23.5 Å². The summed E-state index contributed by atoms with van der Waals surface area (Å²) in [6.07, 6.45) is 2.99. The van der Waals surface area contributed by atoms with Gasteiger partial charge in [-0.1, -0.05) is 34.1 Å². The zero-order chi connectivity index (χ0) is 26.1. The molecule has 2 aliphatic heterocycles. The number of nitrogens with one attached hydrogen (secondary N) is 1. The van der Waals surface area contributed by atoms with Crippen molar-refractivity contribution in [3.05, 3.63) is 21.7 Å². The van der Waals surface area contributed by atoms with Gasteiger partial charge in [-0.2, -0.15) is 0 Å². The normalized spacial score (nSPS) is 37.5. The standard InChI is InChI=1S/C27H42N2O5S/c1-15-9-8-10-27(7)22(34-27)12-20(16(2)11-19-14-35-18(4)28-19)29-23(31)13-21(30)26(5,6)25(33)17(3)24(15)32/h11,14-15,17,20-22,24,30,32H,8-10,12-13H2,1-7H3,(H,29,31)/b16-11+/t15-,17?,20-,21-,22-,24?,27+/m0/s1. The predicted molar refractivity (Wildman–Crippen MR) is 138 cm³/mol. The van der Waals surface area contributed by atoms with E-state index in [1.54, 1.807) is 32.1 Å². The highest BCUT2D eigenvalue weighted by atomic mass is 32.1. The molecule has 35 heavy (non-hydrogen) atoms. The van der Waals surface area contributed by atoms with Crippen LogP contribution in [-0.2, 0) is 14.3 Å². The summed E-state index contributed by atoms with van der Waals surface area (Å²) in [6, 6.07) is -0.269. The van der Waals surface area contributed by atoms with Crippen LogP contribution in [0, 0.1) is 24.2 Å². The van der Waals surface area contributed by atoms with Gasteiger partial charge in [-0.05, 0) is 51.2 Å². The fourth-order valence-corrected chi connectivity index (χ4v) is 5.76. The number of hydrogen-bond donors (Lipinski definition) is 3. The minimum absolute atomic E-state index is 0.0170. The first-order valence-corrected chi connectivity index (χ1v) is 13.6. The maximum atomic E-state index is 13.2. The van der Waals surface area contributed by atoms with Crippen LogP contribution in [-0.4, -0.2) is 56.8 Å². The van der Waals surface area contributed by atoms with Crippen molar-refractivity contribution in [2.24, 2.45) is 17.3 Å². The van der Waals surface area contributed by atoms with Crippen molar-refractivity contribution in [2.75, 3.05) is 0 Å². The Balaban J connectivity index is 1.85. The van der Waals surface area contributed by atoms with Gasteiger partial charge < -0.3 is 20.3 Å². The number of carbonyl (C=O) groups is 2. The fourth-order valence-electron chi connectivity index (χ4n) is 5.19.